The summed E-state index contributed by atoms with van der Waals surface area (Å²) in [6.07, 6.45) is -0.216. The fraction of sp³-hybridized carbons (Fsp3) is 0.200. The summed E-state index contributed by atoms with van der Waals surface area (Å²) in [5.74, 6) is -1.000. The van der Waals surface area contributed by atoms with E-state index in [9.17, 15) is 4.79 Å². The van der Waals surface area contributed by atoms with Crippen molar-refractivity contribution in [2.45, 2.75) is 13.0 Å². The maximum Gasteiger partial charge on any atom is 0.307 e. The van der Waals surface area contributed by atoms with Gasteiger partial charge in [0, 0.05) is 10.0 Å². The highest BCUT2D eigenvalue weighted by Gasteiger charge is 2.13. The molecule has 0 aromatic heterocycles. The number of carbonyl (C=O) groups is 1. The summed E-state index contributed by atoms with van der Waals surface area (Å²) in [5.41, 5.74) is 1.12. The van der Waals surface area contributed by atoms with Crippen LogP contribution in [0.4, 0.5) is 0 Å². The molecule has 0 aliphatic heterocycles. The average Bonchev–Trinajstić information content (AvgIpc) is 2.20. The van der Waals surface area contributed by atoms with Crippen molar-refractivity contribution in [3.63, 3.8) is 0 Å². The smallest absolute Gasteiger partial charge is 0.307 e. The SMILES string of the molecule is N#Cc1ccc(Br)c(CC(=O)O)c1CO. The van der Waals surface area contributed by atoms with Crippen LogP contribution in [0.3, 0.4) is 0 Å². The monoisotopic (exact) mass is 269 g/mol. The number of hydrogen-bond donors (Lipinski definition) is 2. The van der Waals surface area contributed by atoms with Gasteiger partial charge in [0.1, 0.15) is 0 Å². The standard InChI is InChI=1S/C10H8BrNO3/c11-9-2-1-6(4-12)8(5-13)7(9)3-10(14)15/h1-2,13H,3,5H2,(H,14,15). The number of nitrogens with zero attached hydrogens (tertiary/aromatic N) is 1. The van der Waals surface area contributed by atoms with E-state index in [4.69, 9.17) is 15.5 Å². The third-order valence-electron chi connectivity index (χ3n) is 1.98. The molecule has 0 heterocycles. The number of aliphatic hydroxyl groups is 1. The molecule has 78 valence electrons. The molecule has 0 spiro atoms. The highest BCUT2D eigenvalue weighted by atomic mass is 79.9. The highest BCUT2D eigenvalue weighted by Crippen LogP contribution is 2.24. The van der Waals surface area contributed by atoms with E-state index in [0.717, 1.165) is 0 Å². The minimum Gasteiger partial charge on any atom is -0.481 e. The van der Waals surface area contributed by atoms with Gasteiger partial charge in [-0.25, -0.2) is 0 Å². The highest BCUT2D eigenvalue weighted by molar-refractivity contribution is 9.10. The third kappa shape index (κ3) is 2.55. The lowest BCUT2D eigenvalue weighted by Crippen LogP contribution is -2.06. The molecule has 0 bridgehead atoms. The van der Waals surface area contributed by atoms with Crippen LogP contribution in [0.1, 0.15) is 16.7 Å². The molecule has 0 aliphatic carbocycles. The summed E-state index contributed by atoms with van der Waals surface area (Å²) in [7, 11) is 0. The predicted molar refractivity (Wildman–Crippen MR) is 56.1 cm³/mol. The maximum absolute atomic E-state index is 10.6. The van der Waals surface area contributed by atoms with Gasteiger partial charge in [0.05, 0.1) is 24.7 Å². The van der Waals surface area contributed by atoms with Crippen molar-refractivity contribution < 1.29 is 15.0 Å². The normalized spacial score (nSPS) is 9.67. The van der Waals surface area contributed by atoms with Gasteiger partial charge in [-0.3, -0.25) is 4.79 Å². The third-order valence-corrected chi connectivity index (χ3v) is 2.72. The number of aliphatic carboxylic acids is 1. The first kappa shape index (κ1) is 11.7. The van der Waals surface area contributed by atoms with Crippen LogP contribution in [0.25, 0.3) is 0 Å². The Hall–Kier alpha value is -1.38. The molecule has 0 saturated heterocycles. The van der Waals surface area contributed by atoms with Gasteiger partial charge in [0.25, 0.3) is 0 Å². The van der Waals surface area contributed by atoms with Crippen LogP contribution in [0.15, 0.2) is 16.6 Å². The summed E-state index contributed by atoms with van der Waals surface area (Å²) in [6, 6.07) is 5.06. The Morgan fingerprint density at radius 2 is 2.13 bits per heavy atom. The molecule has 0 saturated carbocycles. The zero-order valence-corrected chi connectivity index (χ0v) is 9.28. The minimum atomic E-state index is -1.000. The van der Waals surface area contributed by atoms with Gasteiger partial charge in [0.15, 0.2) is 0 Å². The molecule has 1 aromatic carbocycles. The summed E-state index contributed by atoms with van der Waals surface area (Å²) in [6.45, 7) is -0.342. The first-order valence-electron chi connectivity index (χ1n) is 4.13. The van der Waals surface area contributed by atoms with Crippen molar-refractivity contribution in [2.75, 3.05) is 0 Å². The van der Waals surface area contributed by atoms with Crippen LogP contribution in [-0.2, 0) is 17.8 Å². The van der Waals surface area contributed by atoms with Gasteiger partial charge in [-0.2, -0.15) is 5.26 Å². The van der Waals surface area contributed by atoms with Crippen LogP contribution < -0.4 is 0 Å². The van der Waals surface area contributed by atoms with Crippen molar-refractivity contribution in [1.29, 1.82) is 5.26 Å². The first-order chi connectivity index (χ1) is 7.10. The number of nitriles is 1. The van der Waals surface area contributed by atoms with E-state index >= 15 is 0 Å². The maximum atomic E-state index is 10.6. The molecule has 0 amide bonds. The fourth-order valence-electron chi connectivity index (χ4n) is 1.29. The van der Waals surface area contributed by atoms with Crippen LogP contribution in [0.5, 0.6) is 0 Å². The summed E-state index contributed by atoms with van der Waals surface area (Å²) >= 11 is 3.20. The van der Waals surface area contributed by atoms with E-state index in [-0.39, 0.29) is 13.0 Å². The Balaban J connectivity index is 3.33. The van der Waals surface area contributed by atoms with Crippen molar-refractivity contribution in [3.05, 3.63) is 33.3 Å². The van der Waals surface area contributed by atoms with Gasteiger partial charge in [0.2, 0.25) is 0 Å². The Morgan fingerprint density at radius 1 is 1.47 bits per heavy atom. The molecule has 0 radical (unpaired) electrons. The Morgan fingerprint density at radius 3 is 2.60 bits per heavy atom. The number of rotatable bonds is 3. The van der Waals surface area contributed by atoms with Gasteiger partial charge in [-0.1, -0.05) is 15.9 Å². The second kappa shape index (κ2) is 4.91. The van der Waals surface area contributed by atoms with Crippen molar-refractivity contribution >= 4 is 21.9 Å². The second-order valence-corrected chi connectivity index (χ2v) is 3.75. The molecule has 0 aliphatic rings. The zero-order chi connectivity index (χ0) is 11.4. The molecule has 0 atom stereocenters. The average molecular weight is 270 g/mol. The summed E-state index contributed by atoms with van der Waals surface area (Å²) in [4.78, 5) is 10.6. The molecule has 5 heteroatoms. The molecule has 4 nitrogen and oxygen atoms in total. The number of carboxylic acid groups (broad SMARTS) is 1. The minimum absolute atomic E-state index is 0.216. The lowest BCUT2D eigenvalue weighted by Gasteiger charge is -2.09. The Bertz CT molecular complexity index is 437. The zero-order valence-electron chi connectivity index (χ0n) is 7.70. The summed E-state index contributed by atoms with van der Waals surface area (Å²) in [5, 5.41) is 26.6. The summed E-state index contributed by atoms with van der Waals surface area (Å²) < 4.78 is 0.591. The molecule has 0 fully saturated rings. The fourth-order valence-corrected chi connectivity index (χ4v) is 1.80. The molecule has 0 unspecified atom stereocenters. The van der Waals surface area contributed by atoms with E-state index in [1.807, 2.05) is 6.07 Å². The predicted octanol–water partition coefficient (Wildman–Crippen LogP) is 1.44. The van der Waals surface area contributed by atoms with Crippen LogP contribution in [0.2, 0.25) is 0 Å². The Labute approximate surface area is 94.9 Å². The van der Waals surface area contributed by atoms with E-state index in [1.165, 1.54) is 0 Å². The van der Waals surface area contributed by atoms with E-state index in [1.54, 1.807) is 12.1 Å². The van der Waals surface area contributed by atoms with Gasteiger partial charge in [-0.15, -0.1) is 0 Å². The van der Waals surface area contributed by atoms with Gasteiger partial charge < -0.3 is 10.2 Å². The quantitative estimate of drug-likeness (QED) is 0.870. The molecule has 15 heavy (non-hydrogen) atoms. The van der Waals surface area contributed by atoms with Gasteiger partial charge >= 0.3 is 5.97 Å². The molecule has 2 N–H and O–H groups in total. The van der Waals surface area contributed by atoms with Crippen molar-refractivity contribution in [2.24, 2.45) is 0 Å². The van der Waals surface area contributed by atoms with Crippen molar-refractivity contribution in [1.82, 2.24) is 0 Å². The van der Waals surface area contributed by atoms with Gasteiger partial charge in [-0.05, 0) is 17.7 Å². The number of aliphatic hydroxyl groups excluding tert-OH is 1. The molecule has 1 rings (SSSR count). The first-order valence-corrected chi connectivity index (χ1v) is 4.92. The second-order valence-electron chi connectivity index (χ2n) is 2.89. The van der Waals surface area contributed by atoms with E-state index < -0.39 is 5.97 Å². The van der Waals surface area contributed by atoms with E-state index in [0.29, 0.717) is 21.2 Å². The van der Waals surface area contributed by atoms with Crippen LogP contribution in [-0.4, -0.2) is 16.2 Å². The topological polar surface area (TPSA) is 81.3 Å². The van der Waals surface area contributed by atoms with Crippen molar-refractivity contribution in [3.8, 4) is 6.07 Å². The largest absolute Gasteiger partial charge is 0.481 e. The van der Waals surface area contributed by atoms with E-state index in [2.05, 4.69) is 15.9 Å². The lowest BCUT2D eigenvalue weighted by molar-refractivity contribution is -0.136. The number of benzene rings is 1. The number of carboxylic acids is 1. The molecule has 1 aromatic rings. The number of halogens is 1. The lowest BCUT2D eigenvalue weighted by atomic mass is 10.00. The molecular formula is C10H8BrNO3. The van der Waals surface area contributed by atoms with Crippen LogP contribution >= 0.6 is 15.9 Å². The molecular weight excluding hydrogens is 262 g/mol. The Kier molecular flexibility index (Phi) is 3.83. The number of hydrogen-bond acceptors (Lipinski definition) is 3. The van der Waals surface area contributed by atoms with Crippen LogP contribution in [0, 0.1) is 11.3 Å².